The van der Waals surface area contributed by atoms with Gasteiger partial charge in [0.2, 0.25) is 5.71 Å². The molecule has 1 saturated heterocycles. The van der Waals surface area contributed by atoms with Gasteiger partial charge in [-0.2, -0.15) is 0 Å². The van der Waals surface area contributed by atoms with E-state index in [4.69, 9.17) is 9.57 Å². The number of rotatable bonds is 3. The summed E-state index contributed by atoms with van der Waals surface area (Å²) < 4.78 is 5.01. The molecule has 0 radical (unpaired) electrons. The normalized spacial score (nSPS) is 34.5. The average molecular weight is 358 g/mol. The lowest BCUT2D eigenvalue weighted by molar-refractivity contribution is -0.770. The van der Waals surface area contributed by atoms with Crippen molar-refractivity contribution in [3.05, 3.63) is 41.1 Å². The van der Waals surface area contributed by atoms with Gasteiger partial charge in [-0.25, -0.2) is 0 Å². The Hall–Kier alpha value is -2.08. The van der Waals surface area contributed by atoms with Crippen LogP contribution >= 0.6 is 0 Å². The molecule has 1 aliphatic carbocycles. The highest BCUT2D eigenvalue weighted by atomic mass is 16.9. The van der Waals surface area contributed by atoms with Crippen LogP contribution in [-0.2, 0) is 19.8 Å². The van der Waals surface area contributed by atoms with E-state index in [0.29, 0.717) is 0 Å². The number of carbonyl (C=O) groups excluding carboxylic acids is 1. The summed E-state index contributed by atoms with van der Waals surface area (Å²) >= 11 is 0. The summed E-state index contributed by atoms with van der Waals surface area (Å²) in [5.74, 6) is -0.125. The summed E-state index contributed by atoms with van der Waals surface area (Å²) in [5, 5.41) is 12.6. The molecule has 0 spiro atoms. The van der Waals surface area contributed by atoms with Crippen LogP contribution in [-0.4, -0.2) is 47.4 Å². The number of fused-ring (bicyclic) bond motifs is 1. The van der Waals surface area contributed by atoms with Crippen molar-refractivity contribution in [2.24, 2.45) is 5.92 Å². The Bertz CT molecular complexity index is 720. The van der Waals surface area contributed by atoms with Crippen molar-refractivity contribution in [2.45, 2.75) is 56.7 Å². The van der Waals surface area contributed by atoms with E-state index < -0.39 is 6.23 Å². The monoisotopic (exact) mass is 358 g/mol. The molecule has 140 valence electrons. The minimum absolute atomic E-state index is 0.125. The first-order valence-corrected chi connectivity index (χ1v) is 9.46. The first kappa shape index (κ1) is 17.3. The van der Waals surface area contributed by atoms with Gasteiger partial charge in [0.25, 0.3) is 0 Å². The fraction of sp³-hybridized carbons (Fsp3) is 0.600. The Balaban J connectivity index is 1.80. The van der Waals surface area contributed by atoms with Crippen LogP contribution in [0.25, 0.3) is 0 Å². The Morgan fingerprint density at radius 3 is 2.81 bits per heavy atom. The van der Waals surface area contributed by atoms with Crippen LogP contribution in [0.1, 0.15) is 44.6 Å². The van der Waals surface area contributed by atoms with E-state index in [0.717, 1.165) is 54.8 Å². The number of ether oxygens (including phenoxy) is 1. The van der Waals surface area contributed by atoms with Crippen molar-refractivity contribution in [3.63, 3.8) is 0 Å². The first-order chi connectivity index (χ1) is 12.6. The third kappa shape index (κ3) is 2.50. The highest BCUT2D eigenvalue weighted by Gasteiger charge is 2.57. The van der Waals surface area contributed by atoms with Gasteiger partial charge < -0.3 is 9.57 Å². The molecule has 6 heteroatoms. The smallest absolute Gasteiger partial charge is 0.323 e. The lowest BCUT2D eigenvalue weighted by atomic mass is 9.68. The van der Waals surface area contributed by atoms with Gasteiger partial charge in [0.15, 0.2) is 0 Å². The lowest BCUT2D eigenvalue weighted by Crippen LogP contribution is -2.61. The Kier molecular flexibility index (Phi) is 4.39. The van der Waals surface area contributed by atoms with Gasteiger partial charge in [0, 0.05) is 23.3 Å². The maximum absolute atomic E-state index is 12.6. The molecule has 2 aliphatic heterocycles. The molecule has 0 aromatic heterocycles. The zero-order chi connectivity index (χ0) is 18.3. The van der Waals surface area contributed by atoms with Crippen LogP contribution in [0, 0.1) is 11.1 Å². The second-order valence-electron chi connectivity index (χ2n) is 7.72. The van der Waals surface area contributed by atoms with Crippen LogP contribution in [0.2, 0.25) is 0 Å². The van der Waals surface area contributed by atoms with Crippen molar-refractivity contribution in [3.8, 4) is 0 Å². The molecule has 1 aromatic carbocycles. The molecule has 1 saturated carbocycles. The number of benzene rings is 1. The maximum atomic E-state index is 12.6. The predicted octanol–water partition coefficient (Wildman–Crippen LogP) is 2.60. The molecule has 4 atom stereocenters. The third-order valence-corrected chi connectivity index (χ3v) is 6.46. The largest absolute Gasteiger partial charge is 0.468 e. The summed E-state index contributed by atoms with van der Waals surface area (Å²) in [5.41, 5.74) is 1.60. The molecular formula is C20H26N2O4. The zero-order valence-electron chi connectivity index (χ0n) is 15.4. The van der Waals surface area contributed by atoms with Crippen LogP contribution < -0.4 is 0 Å². The average Bonchev–Trinajstić information content (AvgIpc) is 3.34. The van der Waals surface area contributed by atoms with Crippen LogP contribution in [0.4, 0.5) is 0 Å². The number of methoxy groups -OCH3 is 1. The molecule has 6 nitrogen and oxygen atoms in total. The second kappa shape index (κ2) is 6.58. The number of hydrogen-bond acceptors (Lipinski definition) is 5. The van der Waals surface area contributed by atoms with Crippen molar-refractivity contribution in [1.82, 2.24) is 4.90 Å². The zero-order valence-corrected chi connectivity index (χ0v) is 15.4. The molecule has 2 fully saturated rings. The SMILES string of the molecule is COC(=O)[C@@H]1CCCN1C1O[N+]([O-])=C2CCCC2C1(C)c1ccccc1. The van der Waals surface area contributed by atoms with Gasteiger partial charge in [0.1, 0.15) is 12.3 Å². The van der Waals surface area contributed by atoms with Crippen LogP contribution in [0.5, 0.6) is 0 Å². The van der Waals surface area contributed by atoms with E-state index in [1.165, 1.54) is 7.11 Å². The molecule has 26 heavy (non-hydrogen) atoms. The van der Waals surface area contributed by atoms with E-state index in [1.807, 2.05) is 23.1 Å². The Morgan fingerprint density at radius 2 is 2.08 bits per heavy atom. The Labute approximate surface area is 153 Å². The van der Waals surface area contributed by atoms with E-state index in [2.05, 4.69) is 19.1 Å². The van der Waals surface area contributed by atoms with Gasteiger partial charge in [-0.1, -0.05) is 37.3 Å². The molecule has 0 bridgehead atoms. The molecule has 1 aromatic rings. The van der Waals surface area contributed by atoms with Gasteiger partial charge in [0.05, 0.1) is 13.0 Å². The second-order valence-corrected chi connectivity index (χ2v) is 7.72. The highest BCUT2D eigenvalue weighted by molar-refractivity contribution is 5.86. The maximum Gasteiger partial charge on any atom is 0.323 e. The number of esters is 1. The molecule has 0 amide bonds. The minimum atomic E-state index is -0.485. The number of hydrogen-bond donors (Lipinski definition) is 0. The molecular weight excluding hydrogens is 332 g/mol. The predicted molar refractivity (Wildman–Crippen MR) is 96.4 cm³/mol. The molecule has 3 aliphatic rings. The number of carbonyl (C=O) groups is 1. The van der Waals surface area contributed by atoms with E-state index in [9.17, 15) is 10.0 Å². The first-order valence-electron chi connectivity index (χ1n) is 9.46. The summed E-state index contributed by atoms with van der Waals surface area (Å²) in [4.78, 5) is 21.0. The van der Waals surface area contributed by atoms with Crippen molar-refractivity contribution in [2.75, 3.05) is 13.7 Å². The van der Waals surface area contributed by atoms with Gasteiger partial charge in [-0.15, -0.1) is 0 Å². The number of likely N-dealkylation sites (tertiary alicyclic amines) is 1. The van der Waals surface area contributed by atoms with Crippen molar-refractivity contribution >= 4 is 11.7 Å². The fourth-order valence-electron chi connectivity index (χ4n) is 5.14. The van der Waals surface area contributed by atoms with Crippen LogP contribution in [0.15, 0.2) is 30.3 Å². The summed E-state index contributed by atoms with van der Waals surface area (Å²) in [7, 11) is 1.42. The molecule has 2 heterocycles. The van der Waals surface area contributed by atoms with Gasteiger partial charge in [-0.3, -0.25) is 14.9 Å². The minimum Gasteiger partial charge on any atom is -0.468 e. The van der Waals surface area contributed by atoms with E-state index in [1.54, 1.807) is 0 Å². The standard InChI is InChI=1S/C20H26N2O4/c1-20(14-8-4-3-5-9-14)15-10-6-11-16(15)22(24)26-19(20)21-13-7-12-17(21)18(23)25-2/h3-5,8-9,15,17,19H,6-7,10-13H2,1-2H3/t15?,17-,19?,20?/m0/s1. The number of nitrogens with zero attached hydrogens (tertiary/aromatic N) is 2. The van der Waals surface area contributed by atoms with E-state index in [-0.39, 0.29) is 23.3 Å². The fourth-order valence-corrected chi connectivity index (χ4v) is 5.14. The lowest BCUT2D eigenvalue weighted by Gasteiger charge is -2.50. The highest BCUT2D eigenvalue weighted by Crippen LogP contribution is 2.48. The van der Waals surface area contributed by atoms with Crippen molar-refractivity contribution in [1.29, 1.82) is 0 Å². The quantitative estimate of drug-likeness (QED) is 0.614. The molecule has 0 N–H and O–H groups in total. The molecule has 4 rings (SSSR count). The van der Waals surface area contributed by atoms with E-state index >= 15 is 0 Å². The summed E-state index contributed by atoms with van der Waals surface area (Å²) in [6, 6.07) is 9.91. The van der Waals surface area contributed by atoms with Crippen LogP contribution in [0.3, 0.4) is 0 Å². The van der Waals surface area contributed by atoms with Crippen molar-refractivity contribution < 1.29 is 19.3 Å². The Morgan fingerprint density at radius 1 is 1.31 bits per heavy atom. The molecule has 3 unspecified atom stereocenters. The summed E-state index contributed by atoms with van der Waals surface area (Å²) in [6.07, 6.45) is 3.89. The third-order valence-electron chi connectivity index (χ3n) is 6.46. The summed E-state index contributed by atoms with van der Waals surface area (Å²) in [6.45, 7) is 2.91. The van der Waals surface area contributed by atoms with Gasteiger partial charge in [-0.05, 0) is 31.2 Å². The van der Waals surface area contributed by atoms with Gasteiger partial charge >= 0.3 is 5.97 Å². The topological polar surface area (TPSA) is 64.8 Å².